The third-order valence-corrected chi connectivity index (χ3v) is 1.77. The minimum absolute atomic E-state index is 0.939. The van der Waals surface area contributed by atoms with Crippen LogP contribution in [-0.2, 0) is 0 Å². The normalized spacial score (nSPS) is 11.0. The average molecular weight is 176 g/mol. The zero-order valence-corrected chi connectivity index (χ0v) is 8.52. The molecule has 1 heterocycles. The number of allylic oxidation sites excluding steroid dienone is 2. The molecule has 1 rings (SSSR count). The van der Waals surface area contributed by atoms with Crippen LogP contribution in [0.5, 0.6) is 0 Å². The van der Waals surface area contributed by atoms with Crippen LogP contribution in [0.25, 0.3) is 11.6 Å². The van der Waals surface area contributed by atoms with Crippen LogP contribution in [0.2, 0.25) is 0 Å². The Kier molecular flexibility index (Phi) is 3.07. The predicted octanol–water partition coefficient (Wildman–Crippen LogP) is 3.17. The maximum atomic E-state index is 4.36. The van der Waals surface area contributed by atoms with Gasteiger partial charge in [-0.05, 0) is 31.9 Å². The lowest BCUT2D eigenvalue weighted by Gasteiger charge is -1.94. The third-order valence-electron chi connectivity index (χ3n) is 1.77. The van der Waals surface area contributed by atoms with E-state index in [2.05, 4.69) is 35.6 Å². The molecule has 0 aliphatic heterocycles. The summed E-state index contributed by atoms with van der Waals surface area (Å²) in [6, 6.07) is 0. The summed E-state index contributed by atoms with van der Waals surface area (Å²) in [6.07, 6.45) is 5.21. The quantitative estimate of drug-likeness (QED) is 0.752. The van der Waals surface area contributed by atoms with Crippen LogP contribution in [0, 0.1) is 6.92 Å². The number of hydrogen-bond acceptors (Lipinski definition) is 1. The lowest BCUT2D eigenvalue weighted by molar-refractivity contribution is 1.14. The second-order valence-corrected chi connectivity index (χ2v) is 3.18. The molecule has 0 amide bonds. The van der Waals surface area contributed by atoms with Crippen LogP contribution < -0.4 is 0 Å². The van der Waals surface area contributed by atoms with E-state index in [-0.39, 0.29) is 0 Å². The van der Waals surface area contributed by atoms with Crippen molar-refractivity contribution in [2.24, 2.45) is 0 Å². The molecular weight excluding hydrogens is 160 g/mol. The van der Waals surface area contributed by atoms with E-state index >= 15 is 0 Å². The molecule has 2 heteroatoms. The molecule has 0 atom stereocenters. The molecule has 0 fully saturated rings. The predicted molar refractivity (Wildman–Crippen MR) is 57.4 cm³/mol. The second-order valence-electron chi connectivity index (χ2n) is 3.18. The summed E-state index contributed by atoms with van der Waals surface area (Å²) >= 11 is 0. The fourth-order valence-electron chi connectivity index (χ4n) is 1.19. The SMILES string of the molecule is C=C(C)c1nc(C)[nH]c1/C=C\CC. The first kappa shape index (κ1) is 9.78. The van der Waals surface area contributed by atoms with Gasteiger partial charge in [-0.15, -0.1) is 0 Å². The Morgan fingerprint density at radius 2 is 2.31 bits per heavy atom. The minimum Gasteiger partial charge on any atom is -0.342 e. The van der Waals surface area contributed by atoms with E-state index < -0.39 is 0 Å². The highest BCUT2D eigenvalue weighted by molar-refractivity contribution is 5.67. The van der Waals surface area contributed by atoms with Crippen molar-refractivity contribution in [1.82, 2.24) is 9.97 Å². The maximum Gasteiger partial charge on any atom is 0.104 e. The van der Waals surface area contributed by atoms with E-state index in [0.29, 0.717) is 0 Å². The molecule has 2 nitrogen and oxygen atoms in total. The van der Waals surface area contributed by atoms with Gasteiger partial charge in [0.1, 0.15) is 5.82 Å². The molecule has 0 spiro atoms. The number of aromatic nitrogens is 2. The standard InChI is InChI=1S/C11H16N2/c1-5-6-7-10-11(8(2)3)13-9(4)12-10/h6-7H,2,5H2,1,3-4H3,(H,12,13)/b7-6-. The average Bonchev–Trinajstić information content (AvgIpc) is 2.43. The van der Waals surface area contributed by atoms with Gasteiger partial charge in [-0.1, -0.05) is 19.6 Å². The fourth-order valence-corrected chi connectivity index (χ4v) is 1.19. The van der Waals surface area contributed by atoms with Gasteiger partial charge in [-0.25, -0.2) is 4.98 Å². The molecule has 0 saturated heterocycles. The number of H-pyrrole nitrogens is 1. The molecule has 13 heavy (non-hydrogen) atoms. The molecule has 0 unspecified atom stereocenters. The molecule has 1 aromatic rings. The molecule has 70 valence electrons. The summed E-state index contributed by atoms with van der Waals surface area (Å²) in [5, 5.41) is 0. The minimum atomic E-state index is 0.939. The van der Waals surface area contributed by atoms with Crippen molar-refractivity contribution in [2.45, 2.75) is 27.2 Å². The number of aromatic amines is 1. The van der Waals surface area contributed by atoms with Crippen molar-refractivity contribution in [2.75, 3.05) is 0 Å². The summed E-state index contributed by atoms with van der Waals surface area (Å²) in [5.74, 6) is 0.939. The molecule has 0 aliphatic rings. The van der Waals surface area contributed by atoms with E-state index in [1.165, 1.54) is 0 Å². The van der Waals surface area contributed by atoms with Crippen LogP contribution in [0.15, 0.2) is 12.7 Å². The van der Waals surface area contributed by atoms with Crippen molar-refractivity contribution < 1.29 is 0 Å². The van der Waals surface area contributed by atoms with Crippen molar-refractivity contribution in [3.63, 3.8) is 0 Å². The van der Waals surface area contributed by atoms with E-state index in [4.69, 9.17) is 0 Å². The van der Waals surface area contributed by atoms with Gasteiger partial charge in [0.05, 0.1) is 11.4 Å². The molecule has 1 aromatic heterocycles. The third kappa shape index (κ3) is 2.31. The summed E-state index contributed by atoms with van der Waals surface area (Å²) in [6.45, 7) is 9.93. The Morgan fingerprint density at radius 3 is 2.85 bits per heavy atom. The molecule has 0 radical (unpaired) electrons. The number of nitrogens with zero attached hydrogens (tertiary/aromatic N) is 1. The molecule has 0 aromatic carbocycles. The Hall–Kier alpha value is -1.31. The van der Waals surface area contributed by atoms with Gasteiger partial charge in [-0.2, -0.15) is 0 Å². The van der Waals surface area contributed by atoms with Gasteiger partial charge in [-0.3, -0.25) is 0 Å². The highest BCUT2D eigenvalue weighted by Crippen LogP contribution is 2.16. The van der Waals surface area contributed by atoms with Gasteiger partial charge in [0.25, 0.3) is 0 Å². The van der Waals surface area contributed by atoms with E-state index in [1.54, 1.807) is 0 Å². The first-order valence-corrected chi connectivity index (χ1v) is 4.54. The summed E-state index contributed by atoms with van der Waals surface area (Å²) < 4.78 is 0. The first-order valence-electron chi connectivity index (χ1n) is 4.54. The van der Waals surface area contributed by atoms with Gasteiger partial charge in [0.2, 0.25) is 0 Å². The number of aryl methyl sites for hydroxylation is 1. The number of hydrogen-bond donors (Lipinski definition) is 1. The summed E-state index contributed by atoms with van der Waals surface area (Å²) in [5.41, 5.74) is 3.04. The van der Waals surface area contributed by atoms with Crippen LogP contribution in [0.3, 0.4) is 0 Å². The largest absolute Gasteiger partial charge is 0.342 e. The van der Waals surface area contributed by atoms with Gasteiger partial charge in [0.15, 0.2) is 0 Å². The Morgan fingerprint density at radius 1 is 1.62 bits per heavy atom. The Balaban J connectivity index is 3.04. The zero-order valence-electron chi connectivity index (χ0n) is 8.52. The van der Waals surface area contributed by atoms with E-state index in [1.807, 2.05) is 13.8 Å². The summed E-state index contributed by atoms with van der Waals surface area (Å²) in [4.78, 5) is 7.56. The van der Waals surface area contributed by atoms with E-state index in [0.717, 1.165) is 29.2 Å². The van der Waals surface area contributed by atoms with Crippen molar-refractivity contribution in [3.8, 4) is 0 Å². The van der Waals surface area contributed by atoms with Crippen LogP contribution in [0.4, 0.5) is 0 Å². The Labute approximate surface area is 79.4 Å². The molecule has 1 N–H and O–H groups in total. The van der Waals surface area contributed by atoms with E-state index in [9.17, 15) is 0 Å². The highest BCUT2D eigenvalue weighted by Gasteiger charge is 2.04. The first-order chi connectivity index (χ1) is 6.15. The Bertz CT molecular complexity index is 332. The second kappa shape index (κ2) is 4.08. The van der Waals surface area contributed by atoms with Gasteiger partial charge in [0, 0.05) is 0 Å². The topological polar surface area (TPSA) is 28.7 Å². The van der Waals surface area contributed by atoms with Crippen LogP contribution in [-0.4, -0.2) is 9.97 Å². The number of imidazole rings is 1. The highest BCUT2D eigenvalue weighted by atomic mass is 14.9. The van der Waals surface area contributed by atoms with Crippen molar-refractivity contribution in [3.05, 3.63) is 29.9 Å². The summed E-state index contributed by atoms with van der Waals surface area (Å²) in [7, 11) is 0. The lowest BCUT2D eigenvalue weighted by Crippen LogP contribution is -1.81. The maximum absolute atomic E-state index is 4.36. The number of rotatable bonds is 3. The van der Waals surface area contributed by atoms with Crippen molar-refractivity contribution >= 4 is 11.6 Å². The number of nitrogens with one attached hydrogen (secondary N) is 1. The van der Waals surface area contributed by atoms with Gasteiger partial charge >= 0.3 is 0 Å². The molecular formula is C11H16N2. The zero-order chi connectivity index (χ0) is 9.84. The fraction of sp³-hybridized carbons (Fsp3) is 0.364. The smallest absolute Gasteiger partial charge is 0.104 e. The van der Waals surface area contributed by atoms with Crippen LogP contribution >= 0.6 is 0 Å². The van der Waals surface area contributed by atoms with Gasteiger partial charge < -0.3 is 4.98 Å². The monoisotopic (exact) mass is 176 g/mol. The molecule has 0 saturated carbocycles. The van der Waals surface area contributed by atoms with Crippen molar-refractivity contribution in [1.29, 1.82) is 0 Å². The molecule has 0 aliphatic carbocycles. The van der Waals surface area contributed by atoms with Crippen LogP contribution in [0.1, 0.15) is 37.5 Å². The lowest BCUT2D eigenvalue weighted by atomic mass is 10.2. The molecule has 0 bridgehead atoms.